The van der Waals surface area contributed by atoms with Gasteiger partial charge in [-0.1, -0.05) is 17.7 Å². The minimum absolute atomic E-state index is 0.130. The minimum Gasteiger partial charge on any atom is -0.423 e. The Morgan fingerprint density at radius 1 is 0.966 bits per heavy atom. The Bertz CT molecular complexity index is 1090. The third-order valence-electron chi connectivity index (χ3n) is 4.92. The zero-order chi connectivity index (χ0) is 20.4. The van der Waals surface area contributed by atoms with Gasteiger partial charge in [0.1, 0.15) is 0 Å². The molecule has 0 aliphatic carbocycles. The summed E-state index contributed by atoms with van der Waals surface area (Å²) >= 11 is 0. The van der Waals surface area contributed by atoms with Crippen LogP contribution in [0.2, 0.25) is 0 Å². The highest BCUT2D eigenvalue weighted by Crippen LogP contribution is 2.20. The first-order chi connectivity index (χ1) is 13.9. The van der Waals surface area contributed by atoms with Gasteiger partial charge in [0.2, 0.25) is 22.3 Å². The van der Waals surface area contributed by atoms with E-state index >= 15 is 0 Å². The highest BCUT2D eigenvalue weighted by atomic mass is 32.2. The van der Waals surface area contributed by atoms with E-state index in [0.29, 0.717) is 24.5 Å². The van der Waals surface area contributed by atoms with Gasteiger partial charge in [-0.05, 0) is 43.3 Å². The number of rotatable bonds is 4. The van der Waals surface area contributed by atoms with Crippen molar-refractivity contribution in [1.82, 2.24) is 19.4 Å². The van der Waals surface area contributed by atoms with E-state index in [-0.39, 0.29) is 23.9 Å². The van der Waals surface area contributed by atoms with Gasteiger partial charge in [0.05, 0.1) is 4.90 Å². The number of piperazine rings is 1. The van der Waals surface area contributed by atoms with Gasteiger partial charge in [-0.2, -0.15) is 4.31 Å². The second-order valence-electron chi connectivity index (χ2n) is 6.83. The molecule has 0 saturated carbocycles. The number of carbonyl (C=O) groups is 1. The average Bonchev–Trinajstić information content (AvgIpc) is 3.29. The molecule has 0 bridgehead atoms. The molecule has 8 nitrogen and oxygen atoms in total. The molecule has 4 rings (SSSR count). The van der Waals surface area contributed by atoms with Crippen LogP contribution in [0.5, 0.6) is 0 Å². The maximum atomic E-state index is 12.8. The normalized spacial score (nSPS) is 15.4. The molecule has 1 aliphatic heterocycles. The van der Waals surface area contributed by atoms with E-state index in [2.05, 4.69) is 10.2 Å². The Hall–Kier alpha value is -3.04. The van der Waals surface area contributed by atoms with Crippen LogP contribution in [0.3, 0.4) is 0 Å². The number of amides is 1. The van der Waals surface area contributed by atoms with Gasteiger partial charge in [-0.15, -0.1) is 10.2 Å². The van der Waals surface area contributed by atoms with Crippen molar-refractivity contribution in [3.8, 4) is 11.5 Å². The zero-order valence-electron chi connectivity index (χ0n) is 15.9. The average molecular weight is 412 g/mol. The van der Waals surface area contributed by atoms with Crippen molar-refractivity contribution in [2.24, 2.45) is 0 Å². The van der Waals surface area contributed by atoms with Crippen LogP contribution >= 0.6 is 0 Å². The number of sulfonamides is 1. The van der Waals surface area contributed by atoms with Crippen molar-refractivity contribution in [3.05, 3.63) is 66.1 Å². The summed E-state index contributed by atoms with van der Waals surface area (Å²) in [4.78, 5) is 14.7. The molecule has 1 amide bonds. The lowest BCUT2D eigenvalue weighted by atomic mass is 10.1. The van der Waals surface area contributed by atoms with Crippen molar-refractivity contribution < 1.29 is 17.6 Å². The SMILES string of the molecule is Cc1ccc(S(=O)(=O)N2CCN(C(=O)c3ccc(-c4nnco4)cc3)CC2)cc1. The fourth-order valence-electron chi connectivity index (χ4n) is 3.23. The van der Waals surface area contributed by atoms with E-state index in [9.17, 15) is 13.2 Å². The topological polar surface area (TPSA) is 96.6 Å². The Kier molecular flexibility index (Phi) is 5.16. The van der Waals surface area contributed by atoms with E-state index in [1.807, 2.05) is 6.92 Å². The predicted octanol–water partition coefficient (Wildman–Crippen LogP) is 2.19. The second kappa shape index (κ2) is 7.76. The number of hydrogen-bond acceptors (Lipinski definition) is 6. The maximum absolute atomic E-state index is 12.8. The van der Waals surface area contributed by atoms with Crippen LogP contribution in [-0.2, 0) is 10.0 Å². The second-order valence-corrected chi connectivity index (χ2v) is 8.77. The molecule has 1 saturated heterocycles. The maximum Gasteiger partial charge on any atom is 0.253 e. The molecule has 2 aromatic carbocycles. The van der Waals surface area contributed by atoms with Crippen molar-refractivity contribution in [2.45, 2.75) is 11.8 Å². The van der Waals surface area contributed by atoms with Crippen LogP contribution in [0.15, 0.2) is 64.2 Å². The summed E-state index contributed by atoms with van der Waals surface area (Å²) in [5.74, 6) is 0.258. The number of benzene rings is 2. The third-order valence-corrected chi connectivity index (χ3v) is 6.84. The molecule has 29 heavy (non-hydrogen) atoms. The van der Waals surface area contributed by atoms with E-state index < -0.39 is 10.0 Å². The van der Waals surface area contributed by atoms with E-state index in [1.54, 1.807) is 53.4 Å². The molecule has 0 N–H and O–H groups in total. The fraction of sp³-hybridized carbons (Fsp3) is 0.250. The summed E-state index contributed by atoms with van der Waals surface area (Å²) < 4.78 is 32.2. The zero-order valence-corrected chi connectivity index (χ0v) is 16.7. The van der Waals surface area contributed by atoms with Gasteiger partial charge in [0, 0.05) is 37.3 Å². The molecule has 3 aromatic rings. The van der Waals surface area contributed by atoms with E-state index in [0.717, 1.165) is 11.1 Å². The summed E-state index contributed by atoms with van der Waals surface area (Å²) in [7, 11) is -3.55. The summed E-state index contributed by atoms with van der Waals surface area (Å²) in [6.45, 7) is 3.13. The lowest BCUT2D eigenvalue weighted by Gasteiger charge is -2.34. The summed E-state index contributed by atoms with van der Waals surface area (Å²) in [5.41, 5.74) is 2.26. The molecular formula is C20H20N4O4S. The molecule has 1 aliphatic rings. The van der Waals surface area contributed by atoms with Gasteiger partial charge in [0.25, 0.3) is 5.91 Å². The van der Waals surface area contributed by atoms with Crippen LogP contribution in [0.4, 0.5) is 0 Å². The van der Waals surface area contributed by atoms with Gasteiger partial charge in [-0.3, -0.25) is 4.79 Å². The van der Waals surface area contributed by atoms with Gasteiger partial charge < -0.3 is 9.32 Å². The van der Waals surface area contributed by atoms with Crippen LogP contribution in [-0.4, -0.2) is 59.9 Å². The molecule has 0 unspecified atom stereocenters. The van der Waals surface area contributed by atoms with Gasteiger partial charge >= 0.3 is 0 Å². The Labute approximate surface area is 168 Å². The quantitative estimate of drug-likeness (QED) is 0.652. The molecule has 2 heterocycles. The number of aromatic nitrogens is 2. The van der Waals surface area contributed by atoms with Crippen LogP contribution in [0.25, 0.3) is 11.5 Å². The van der Waals surface area contributed by atoms with Crippen molar-refractivity contribution in [2.75, 3.05) is 26.2 Å². The Balaban J connectivity index is 1.41. The number of hydrogen-bond donors (Lipinski definition) is 0. The molecule has 1 aromatic heterocycles. The van der Waals surface area contributed by atoms with Gasteiger partial charge in [-0.25, -0.2) is 8.42 Å². The smallest absolute Gasteiger partial charge is 0.253 e. The lowest BCUT2D eigenvalue weighted by molar-refractivity contribution is 0.0698. The van der Waals surface area contributed by atoms with Crippen LogP contribution < -0.4 is 0 Å². The number of aryl methyl sites for hydroxylation is 1. The Morgan fingerprint density at radius 3 is 2.21 bits per heavy atom. The molecule has 0 spiro atoms. The summed E-state index contributed by atoms with van der Waals surface area (Å²) in [6.07, 6.45) is 1.25. The van der Waals surface area contributed by atoms with Crippen molar-refractivity contribution in [3.63, 3.8) is 0 Å². The monoisotopic (exact) mass is 412 g/mol. The molecule has 0 radical (unpaired) electrons. The number of nitrogens with zero attached hydrogens (tertiary/aromatic N) is 4. The van der Waals surface area contributed by atoms with Crippen LogP contribution in [0, 0.1) is 6.92 Å². The minimum atomic E-state index is -3.55. The first-order valence-electron chi connectivity index (χ1n) is 9.18. The first kappa shape index (κ1) is 19.3. The number of carbonyl (C=O) groups excluding carboxylic acids is 1. The van der Waals surface area contributed by atoms with Crippen molar-refractivity contribution in [1.29, 1.82) is 0 Å². The summed E-state index contributed by atoms with van der Waals surface area (Å²) in [5, 5.41) is 7.47. The Morgan fingerprint density at radius 2 is 1.62 bits per heavy atom. The highest BCUT2D eigenvalue weighted by Gasteiger charge is 2.30. The first-order valence-corrected chi connectivity index (χ1v) is 10.6. The van der Waals surface area contributed by atoms with Gasteiger partial charge in [0.15, 0.2) is 0 Å². The predicted molar refractivity (Wildman–Crippen MR) is 106 cm³/mol. The van der Waals surface area contributed by atoms with E-state index in [4.69, 9.17) is 4.42 Å². The largest absolute Gasteiger partial charge is 0.423 e. The fourth-order valence-corrected chi connectivity index (χ4v) is 4.65. The molecule has 1 fully saturated rings. The summed E-state index contributed by atoms with van der Waals surface area (Å²) in [6, 6.07) is 13.7. The molecule has 0 atom stereocenters. The molecule has 9 heteroatoms. The third kappa shape index (κ3) is 3.92. The molecule has 150 valence electrons. The van der Waals surface area contributed by atoms with Crippen molar-refractivity contribution >= 4 is 15.9 Å². The highest BCUT2D eigenvalue weighted by molar-refractivity contribution is 7.89. The van der Waals surface area contributed by atoms with Crippen LogP contribution in [0.1, 0.15) is 15.9 Å². The van der Waals surface area contributed by atoms with E-state index in [1.165, 1.54) is 10.7 Å². The standard InChI is InChI=1S/C20H20N4O4S/c1-15-2-8-18(9-3-15)29(26,27)24-12-10-23(11-13-24)20(25)17-6-4-16(5-7-17)19-22-21-14-28-19/h2-9,14H,10-13H2,1H3. The lowest BCUT2D eigenvalue weighted by Crippen LogP contribution is -2.50. The molecular weight excluding hydrogens is 392 g/mol.